The summed E-state index contributed by atoms with van der Waals surface area (Å²) in [5.41, 5.74) is 4.19. The molecule has 1 aliphatic rings. The van der Waals surface area contributed by atoms with E-state index in [1.165, 1.54) is 0 Å². The smallest absolute Gasteiger partial charge is 0.321 e. The van der Waals surface area contributed by atoms with Gasteiger partial charge in [0.05, 0.1) is 0 Å². The van der Waals surface area contributed by atoms with E-state index < -0.39 is 0 Å². The molecule has 0 atom stereocenters. The van der Waals surface area contributed by atoms with E-state index in [1.54, 1.807) is 15.7 Å². The highest BCUT2D eigenvalue weighted by atomic mass is 16.2. The van der Waals surface area contributed by atoms with Gasteiger partial charge in [0.25, 0.3) is 5.56 Å². The molecule has 4 rings (SSSR count). The van der Waals surface area contributed by atoms with Crippen molar-refractivity contribution < 1.29 is 4.79 Å². The van der Waals surface area contributed by atoms with Crippen LogP contribution in [-0.2, 0) is 6.54 Å². The highest BCUT2D eigenvalue weighted by Crippen LogP contribution is 2.19. The predicted molar refractivity (Wildman–Crippen MR) is 118 cm³/mol. The van der Waals surface area contributed by atoms with Crippen LogP contribution in [0.1, 0.15) is 18.1 Å². The van der Waals surface area contributed by atoms with Crippen molar-refractivity contribution in [2.24, 2.45) is 0 Å². The number of pyridine rings is 1. The van der Waals surface area contributed by atoms with Crippen LogP contribution in [-0.4, -0.2) is 51.6 Å². The number of hydrogen-bond acceptors (Lipinski definition) is 5. The van der Waals surface area contributed by atoms with Crippen LogP contribution < -0.4 is 15.8 Å². The third-order valence-corrected chi connectivity index (χ3v) is 5.71. The van der Waals surface area contributed by atoms with E-state index in [4.69, 9.17) is 0 Å². The Morgan fingerprint density at radius 3 is 2.60 bits per heavy atom. The van der Waals surface area contributed by atoms with E-state index in [1.807, 2.05) is 56.0 Å². The second-order valence-electron chi connectivity index (χ2n) is 7.48. The average Bonchev–Trinajstić information content (AvgIpc) is 2.76. The summed E-state index contributed by atoms with van der Waals surface area (Å²) in [5.74, 6) is 0.423. The van der Waals surface area contributed by atoms with E-state index in [2.05, 4.69) is 15.3 Å². The number of aromatic nitrogens is 3. The lowest BCUT2D eigenvalue weighted by Gasteiger charge is -2.35. The molecule has 2 aromatic heterocycles. The quantitative estimate of drug-likeness (QED) is 0.723. The van der Waals surface area contributed by atoms with E-state index in [9.17, 15) is 9.59 Å². The summed E-state index contributed by atoms with van der Waals surface area (Å²) in [7, 11) is 0. The summed E-state index contributed by atoms with van der Waals surface area (Å²) >= 11 is 0. The first-order valence-electron chi connectivity index (χ1n) is 10.2. The molecule has 0 unspecified atom stereocenters. The molecule has 8 nitrogen and oxygen atoms in total. The largest absolute Gasteiger partial charge is 0.348 e. The Balaban J connectivity index is 1.50. The van der Waals surface area contributed by atoms with Gasteiger partial charge >= 0.3 is 6.03 Å². The number of nitrogens with zero attached hydrogens (tertiary/aromatic N) is 5. The standard InChI is InChI=1S/C22H26N6O2/c1-4-28-19-18(9-6-10-23-19)24-20(21(28)29)26-11-13-27(14-12-26)22(30)25-17-8-5-7-15(2)16(17)3/h5-10H,4,11-14H2,1-3H3,(H,25,30). The Morgan fingerprint density at radius 2 is 1.87 bits per heavy atom. The molecular weight excluding hydrogens is 380 g/mol. The summed E-state index contributed by atoms with van der Waals surface area (Å²) in [4.78, 5) is 38.3. The van der Waals surface area contributed by atoms with E-state index in [0.29, 0.717) is 49.7 Å². The molecule has 2 amide bonds. The van der Waals surface area contributed by atoms with Crippen molar-refractivity contribution in [1.29, 1.82) is 0 Å². The summed E-state index contributed by atoms with van der Waals surface area (Å²) in [6, 6.07) is 9.44. The van der Waals surface area contributed by atoms with Crippen LogP contribution in [0.15, 0.2) is 41.3 Å². The highest BCUT2D eigenvalue weighted by Gasteiger charge is 2.25. The molecule has 0 spiro atoms. The lowest BCUT2D eigenvalue weighted by atomic mass is 10.1. The van der Waals surface area contributed by atoms with E-state index >= 15 is 0 Å². The van der Waals surface area contributed by atoms with Crippen LogP contribution in [0.5, 0.6) is 0 Å². The Bertz CT molecular complexity index is 1150. The number of piperazine rings is 1. The van der Waals surface area contributed by atoms with Gasteiger partial charge in [0.2, 0.25) is 0 Å². The number of urea groups is 1. The van der Waals surface area contributed by atoms with Crippen molar-refractivity contribution in [2.75, 3.05) is 36.4 Å². The van der Waals surface area contributed by atoms with Crippen molar-refractivity contribution in [3.63, 3.8) is 0 Å². The molecule has 0 bridgehead atoms. The van der Waals surface area contributed by atoms with Gasteiger partial charge in [-0.2, -0.15) is 0 Å². The number of aryl methyl sites for hydroxylation is 2. The van der Waals surface area contributed by atoms with Gasteiger partial charge in [-0.1, -0.05) is 12.1 Å². The molecule has 1 N–H and O–H groups in total. The van der Waals surface area contributed by atoms with Crippen LogP contribution in [0.25, 0.3) is 11.2 Å². The molecule has 1 aromatic carbocycles. The minimum absolute atomic E-state index is 0.120. The fraction of sp³-hybridized carbons (Fsp3) is 0.364. The van der Waals surface area contributed by atoms with Crippen LogP contribution in [0.2, 0.25) is 0 Å². The molecule has 8 heteroatoms. The normalized spacial score (nSPS) is 14.2. The number of amides is 2. The van der Waals surface area contributed by atoms with E-state index in [-0.39, 0.29) is 11.6 Å². The second-order valence-corrected chi connectivity index (χ2v) is 7.48. The monoisotopic (exact) mass is 406 g/mol. The molecule has 3 aromatic rings. The number of anilines is 2. The van der Waals surface area contributed by atoms with Crippen LogP contribution >= 0.6 is 0 Å². The Hall–Kier alpha value is -3.42. The Kier molecular flexibility index (Phi) is 5.39. The maximum Gasteiger partial charge on any atom is 0.321 e. The number of rotatable bonds is 3. The van der Waals surface area contributed by atoms with Crippen LogP contribution in [0.3, 0.4) is 0 Å². The molecule has 0 radical (unpaired) electrons. The van der Waals surface area contributed by atoms with Crippen LogP contribution in [0.4, 0.5) is 16.3 Å². The van der Waals surface area contributed by atoms with Gasteiger partial charge in [0.15, 0.2) is 11.5 Å². The fourth-order valence-electron chi connectivity index (χ4n) is 3.76. The first kappa shape index (κ1) is 19.9. The molecule has 1 fully saturated rings. The summed E-state index contributed by atoms with van der Waals surface area (Å²) < 4.78 is 1.65. The number of carbonyl (C=O) groups excluding carboxylic acids is 1. The lowest BCUT2D eigenvalue weighted by molar-refractivity contribution is 0.208. The van der Waals surface area contributed by atoms with Gasteiger partial charge < -0.3 is 15.1 Å². The van der Waals surface area contributed by atoms with Crippen molar-refractivity contribution >= 4 is 28.7 Å². The molecular formula is C22H26N6O2. The number of carbonyl (C=O) groups is 1. The fourth-order valence-corrected chi connectivity index (χ4v) is 3.76. The second kappa shape index (κ2) is 8.14. The number of benzene rings is 1. The van der Waals surface area contributed by atoms with Gasteiger partial charge in [-0.15, -0.1) is 0 Å². The van der Waals surface area contributed by atoms with Gasteiger partial charge in [-0.3, -0.25) is 9.36 Å². The van der Waals surface area contributed by atoms with E-state index in [0.717, 1.165) is 16.8 Å². The number of fused-ring (bicyclic) bond motifs is 1. The lowest BCUT2D eigenvalue weighted by Crippen LogP contribution is -2.51. The highest BCUT2D eigenvalue weighted by molar-refractivity contribution is 5.90. The van der Waals surface area contributed by atoms with Crippen molar-refractivity contribution in [1.82, 2.24) is 19.4 Å². The maximum atomic E-state index is 13.0. The Labute approximate surface area is 175 Å². The Morgan fingerprint density at radius 1 is 1.10 bits per heavy atom. The minimum atomic E-state index is -0.142. The molecule has 156 valence electrons. The summed E-state index contributed by atoms with van der Waals surface area (Å²) in [5, 5.41) is 3.01. The zero-order valence-corrected chi connectivity index (χ0v) is 17.6. The van der Waals surface area contributed by atoms with Gasteiger partial charge in [-0.05, 0) is 50.1 Å². The summed E-state index contributed by atoms with van der Waals surface area (Å²) in [6.07, 6.45) is 1.67. The first-order valence-corrected chi connectivity index (χ1v) is 10.2. The van der Waals surface area contributed by atoms with Gasteiger partial charge in [0, 0.05) is 44.6 Å². The first-order chi connectivity index (χ1) is 14.5. The predicted octanol–water partition coefficient (Wildman–Crippen LogP) is 2.78. The SMILES string of the molecule is CCn1c(=O)c(N2CCN(C(=O)Nc3cccc(C)c3C)CC2)nc2cccnc21. The van der Waals surface area contributed by atoms with Crippen molar-refractivity contribution in [2.45, 2.75) is 27.3 Å². The maximum absolute atomic E-state index is 13.0. The molecule has 1 saturated heterocycles. The number of nitrogens with one attached hydrogen (secondary N) is 1. The van der Waals surface area contributed by atoms with Crippen molar-refractivity contribution in [3.05, 3.63) is 58.0 Å². The molecule has 30 heavy (non-hydrogen) atoms. The summed E-state index contributed by atoms with van der Waals surface area (Å²) in [6.45, 7) is 8.63. The zero-order valence-electron chi connectivity index (χ0n) is 17.6. The van der Waals surface area contributed by atoms with Gasteiger partial charge in [-0.25, -0.2) is 14.8 Å². The van der Waals surface area contributed by atoms with Crippen molar-refractivity contribution in [3.8, 4) is 0 Å². The van der Waals surface area contributed by atoms with Gasteiger partial charge in [0.1, 0.15) is 5.52 Å². The molecule has 1 aliphatic heterocycles. The van der Waals surface area contributed by atoms with Crippen LogP contribution in [0, 0.1) is 13.8 Å². The molecule has 0 aliphatic carbocycles. The average molecular weight is 406 g/mol. The zero-order chi connectivity index (χ0) is 21.3. The third kappa shape index (κ3) is 3.60. The third-order valence-electron chi connectivity index (χ3n) is 5.71. The topological polar surface area (TPSA) is 83.4 Å². The minimum Gasteiger partial charge on any atom is -0.348 e. The number of hydrogen-bond donors (Lipinski definition) is 1. The molecule has 3 heterocycles. The molecule has 0 saturated carbocycles.